The molecular formula is C31H26F3IN6O3S. The van der Waals surface area contributed by atoms with Crippen LogP contribution < -0.4 is 15.0 Å². The Bertz CT molecular complexity index is 1790. The summed E-state index contributed by atoms with van der Waals surface area (Å²) in [6.45, 7) is 3.99. The molecule has 45 heavy (non-hydrogen) atoms. The van der Waals surface area contributed by atoms with Crippen LogP contribution in [0.4, 0.5) is 23.7 Å². The van der Waals surface area contributed by atoms with Crippen molar-refractivity contribution < 1.29 is 27.5 Å². The van der Waals surface area contributed by atoms with Crippen LogP contribution in [0.2, 0.25) is 0 Å². The molecule has 2 unspecified atom stereocenters. The average Bonchev–Trinajstić information content (AvgIpc) is 3.50. The van der Waals surface area contributed by atoms with Crippen molar-refractivity contribution in [2.45, 2.75) is 45.0 Å². The van der Waals surface area contributed by atoms with Gasteiger partial charge in [-0.25, -0.2) is 14.5 Å². The van der Waals surface area contributed by atoms with Gasteiger partial charge in [0, 0.05) is 40.1 Å². The monoisotopic (exact) mass is 746 g/mol. The number of alkyl halides is 3. The largest absolute Gasteiger partial charge is 0.573 e. The van der Waals surface area contributed by atoms with Gasteiger partial charge in [-0.15, -0.1) is 18.3 Å². The number of amidine groups is 1. The second-order valence-corrected chi connectivity index (χ2v) is 12.5. The number of benzene rings is 3. The number of halogens is 4. The number of aryl methyl sites for hydroxylation is 2. The topological polar surface area (TPSA) is 102 Å². The van der Waals surface area contributed by atoms with Crippen molar-refractivity contribution in [2.24, 2.45) is 4.99 Å². The molecule has 2 atom stereocenters. The van der Waals surface area contributed by atoms with Crippen LogP contribution in [-0.2, 0) is 11.2 Å². The molecule has 3 aromatic carbocycles. The number of carbonyl (C=O) groups excluding carboxylic acids is 2. The lowest BCUT2D eigenvalue weighted by Gasteiger charge is -2.20. The highest BCUT2D eigenvalue weighted by Crippen LogP contribution is 2.41. The lowest BCUT2D eigenvalue weighted by Crippen LogP contribution is -2.32. The zero-order chi connectivity index (χ0) is 31.9. The number of aliphatic imine (C=N–C) groups is 1. The number of rotatable bonds is 7. The molecule has 0 spiro atoms. The van der Waals surface area contributed by atoms with E-state index in [2.05, 4.69) is 25.1 Å². The Morgan fingerprint density at radius 3 is 2.56 bits per heavy atom. The first-order chi connectivity index (χ1) is 21.5. The number of ether oxygens (including phenoxy) is 1. The predicted octanol–water partition coefficient (Wildman–Crippen LogP) is 7.01. The van der Waals surface area contributed by atoms with E-state index in [1.807, 2.05) is 78.9 Å². The van der Waals surface area contributed by atoms with Crippen molar-refractivity contribution in [2.75, 3.05) is 10.7 Å². The van der Waals surface area contributed by atoms with Gasteiger partial charge in [-0.3, -0.25) is 9.69 Å². The van der Waals surface area contributed by atoms with Crippen LogP contribution in [0.3, 0.4) is 0 Å². The Hall–Kier alpha value is -3.92. The van der Waals surface area contributed by atoms with E-state index in [1.54, 1.807) is 4.90 Å². The number of hydrogen-bond acceptors (Lipinski definition) is 6. The van der Waals surface area contributed by atoms with Gasteiger partial charge in [-0.1, -0.05) is 55.1 Å². The van der Waals surface area contributed by atoms with Crippen molar-refractivity contribution in [3.05, 3.63) is 87.3 Å². The summed E-state index contributed by atoms with van der Waals surface area (Å²) < 4.78 is 43.4. The minimum atomic E-state index is -4.76. The number of aromatic nitrogens is 3. The third-order valence-corrected chi connectivity index (χ3v) is 9.03. The molecule has 1 saturated heterocycles. The van der Waals surface area contributed by atoms with E-state index in [9.17, 15) is 22.8 Å². The zero-order valence-corrected chi connectivity index (χ0v) is 27.0. The van der Waals surface area contributed by atoms with Crippen molar-refractivity contribution in [1.29, 1.82) is 0 Å². The molecule has 6 rings (SSSR count). The SMILES string of the molecule is CCc1ccc(C)cc1N1C(=O)CS/C1=N\C(=O)NC1CC1c1ccc(-c2nc(I)n(-c3ccc(OC(F)(F)F)cc3)n2)cc1. The van der Waals surface area contributed by atoms with Crippen LogP contribution in [0, 0.1) is 10.8 Å². The molecule has 1 saturated carbocycles. The van der Waals surface area contributed by atoms with E-state index in [0.29, 0.717) is 20.5 Å². The van der Waals surface area contributed by atoms with Gasteiger partial charge in [0.2, 0.25) is 5.91 Å². The molecule has 1 aliphatic heterocycles. The van der Waals surface area contributed by atoms with Gasteiger partial charge in [0.15, 0.2) is 14.8 Å². The molecule has 9 nitrogen and oxygen atoms in total. The fraction of sp³-hybridized carbons (Fsp3) is 0.258. The van der Waals surface area contributed by atoms with Crippen LogP contribution in [0.25, 0.3) is 17.1 Å². The zero-order valence-electron chi connectivity index (χ0n) is 24.0. The van der Waals surface area contributed by atoms with Gasteiger partial charge in [0.1, 0.15) is 5.75 Å². The minimum Gasteiger partial charge on any atom is -0.406 e. The molecule has 232 valence electrons. The Morgan fingerprint density at radius 2 is 1.87 bits per heavy atom. The van der Waals surface area contributed by atoms with Crippen LogP contribution in [-0.4, -0.2) is 50.0 Å². The summed E-state index contributed by atoms with van der Waals surface area (Å²) in [5.41, 5.74) is 5.16. The van der Waals surface area contributed by atoms with Gasteiger partial charge in [-0.05, 0) is 66.8 Å². The number of carbonyl (C=O) groups is 2. The van der Waals surface area contributed by atoms with Gasteiger partial charge in [0.05, 0.1) is 17.1 Å². The van der Waals surface area contributed by atoms with Crippen LogP contribution in [0.1, 0.15) is 36.0 Å². The Balaban J connectivity index is 1.09. The van der Waals surface area contributed by atoms with Crippen molar-refractivity contribution in [3.8, 4) is 22.8 Å². The highest BCUT2D eigenvalue weighted by Gasteiger charge is 2.40. The summed E-state index contributed by atoms with van der Waals surface area (Å²) in [6.07, 6.45) is -3.24. The summed E-state index contributed by atoms with van der Waals surface area (Å²) in [7, 11) is 0. The molecule has 1 aromatic heterocycles. The molecule has 14 heteroatoms. The Morgan fingerprint density at radius 1 is 1.13 bits per heavy atom. The standard InChI is InChI=1S/C31H26F3IN6O3S/c1-3-18-5-4-17(2)14-25(18)40-26(42)16-45-30(40)38-29(43)36-24-15-23(24)19-6-8-20(9-7-19)27-37-28(35)41(39-27)21-10-12-22(13-11-21)44-31(32,33)34/h4-14,23-24H,3,15-16H2,1-2H3,(H,36,43)/b38-30-. The summed E-state index contributed by atoms with van der Waals surface area (Å²) in [4.78, 5) is 35.9. The van der Waals surface area contributed by atoms with E-state index < -0.39 is 12.4 Å². The van der Waals surface area contributed by atoms with Crippen LogP contribution in [0.5, 0.6) is 5.75 Å². The molecule has 1 aliphatic carbocycles. The normalized spacial score (nSPS) is 18.8. The predicted molar refractivity (Wildman–Crippen MR) is 174 cm³/mol. The smallest absolute Gasteiger partial charge is 0.406 e. The first-order valence-electron chi connectivity index (χ1n) is 14.0. The fourth-order valence-electron chi connectivity index (χ4n) is 5.11. The number of nitrogens with zero attached hydrogens (tertiary/aromatic N) is 5. The maximum absolute atomic E-state index is 12.9. The number of amides is 3. The van der Waals surface area contributed by atoms with E-state index in [-0.39, 0.29) is 29.4 Å². The molecule has 0 bridgehead atoms. The Kier molecular flexibility index (Phi) is 8.61. The van der Waals surface area contributed by atoms with Gasteiger partial charge in [-0.2, -0.15) is 4.99 Å². The van der Waals surface area contributed by atoms with Crippen molar-refractivity contribution in [1.82, 2.24) is 20.1 Å². The van der Waals surface area contributed by atoms with E-state index in [1.165, 1.54) is 40.7 Å². The quantitative estimate of drug-likeness (QED) is 0.204. The van der Waals surface area contributed by atoms with Crippen LogP contribution >= 0.6 is 34.4 Å². The lowest BCUT2D eigenvalue weighted by molar-refractivity contribution is -0.274. The van der Waals surface area contributed by atoms with E-state index in [4.69, 9.17) is 0 Å². The minimum absolute atomic E-state index is 0.0731. The summed E-state index contributed by atoms with van der Waals surface area (Å²) in [5, 5.41) is 7.88. The number of nitrogens with one attached hydrogen (secondary N) is 1. The third kappa shape index (κ3) is 7.01. The molecule has 4 aromatic rings. The second kappa shape index (κ2) is 12.5. The lowest BCUT2D eigenvalue weighted by atomic mass is 10.1. The summed E-state index contributed by atoms with van der Waals surface area (Å²) in [5.74, 6) is 0.409. The molecule has 2 heterocycles. The van der Waals surface area contributed by atoms with Gasteiger partial charge >= 0.3 is 12.4 Å². The highest BCUT2D eigenvalue weighted by molar-refractivity contribution is 14.1. The third-order valence-electron chi connectivity index (χ3n) is 7.40. The first kappa shape index (κ1) is 31.1. The summed E-state index contributed by atoms with van der Waals surface area (Å²) >= 11 is 3.27. The number of hydrogen-bond donors (Lipinski definition) is 1. The molecule has 2 aliphatic rings. The number of urea groups is 1. The second-order valence-electron chi connectivity index (χ2n) is 10.6. The molecule has 2 fully saturated rings. The van der Waals surface area contributed by atoms with Crippen LogP contribution in [0.15, 0.2) is 71.7 Å². The first-order valence-corrected chi connectivity index (χ1v) is 16.1. The molecular weight excluding hydrogens is 720 g/mol. The Labute approximate surface area is 274 Å². The van der Waals surface area contributed by atoms with E-state index >= 15 is 0 Å². The average molecular weight is 747 g/mol. The summed E-state index contributed by atoms with van der Waals surface area (Å²) in [6, 6.07) is 18.5. The maximum Gasteiger partial charge on any atom is 0.573 e. The molecule has 3 amide bonds. The fourth-order valence-corrected chi connectivity index (χ4v) is 6.58. The van der Waals surface area contributed by atoms with E-state index in [0.717, 1.165) is 40.8 Å². The van der Waals surface area contributed by atoms with Crippen molar-refractivity contribution >= 4 is 57.1 Å². The number of thioether (sulfide) groups is 1. The van der Waals surface area contributed by atoms with Gasteiger partial charge < -0.3 is 10.1 Å². The highest BCUT2D eigenvalue weighted by atomic mass is 127. The van der Waals surface area contributed by atoms with Gasteiger partial charge in [0.25, 0.3) is 0 Å². The molecule has 1 N–H and O–H groups in total. The van der Waals surface area contributed by atoms with Crippen molar-refractivity contribution in [3.63, 3.8) is 0 Å². The maximum atomic E-state index is 12.9. The molecule has 0 radical (unpaired) electrons. The number of anilines is 1.